The molecule has 0 aliphatic rings. The Balaban J connectivity index is 2.41. The molecule has 0 radical (unpaired) electrons. The number of hydrogen-bond acceptors (Lipinski definition) is 5. The fraction of sp³-hybridized carbons (Fsp3) is 0.316. The van der Waals surface area contributed by atoms with Crippen molar-refractivity contribution in [3.05, 3.63) is 64.7 Å². The highest BCUT2D eigenvalue weighted by Crippen LogP contribution is 2.25. The SMILES string of the molecule is CC(C)[C@@H](C)NC(=O)CN(c1ccc([N+](=O)[O-])cc1)S(=O)(=O)c1ccccc1. The Bertz CT molecular complexity index is 928. The van der Waals surface area contributed by atoms with E-state index in [0.29, 0.717) is 0 Å². The monoisotopic (exact) mass is 405 g/mol. The number of sulfonamides is 1. The van der Waals surface area contributed by atoms with Gasteiger partial charge in [0.25, 0.3) is 15.7 Å². The van der Waals surface area contributed by atoms with Gasteiger partial charge in [0.05, 0.1) is 15.5 Å². The molecule has 0 saturated carbocycles. The average molecular weight is 405 g/mol. The molecule has 0 aliphatic carbocycles. The van der Waals surface area contributed by atoms with E-state index in [1.54, 1.807) is 18.2 Å². The van der Waals surface area contributed by atoms with Crippen molar-refractivity contribution in [2.75, 3.05) is 10.8 Å². The maximum Gasteiger partial charge on any atom is 0.269 e. The van der Waals surface area contributed by atoms with Gasteiger partial charge in [-0.1, -0.05) is 32.0 Å². The second-order valence-corrected chi connectivity index (χ2v) is 8.56. The van der Waals surface area contributed by atoms with E-state index in [9.17, 15) is 23.3 Å². The molecule has 8 nitrogen and oxygen atoms in total. The topological polar surface area (TPSA) is 110 Å². The Morgan fingerprint density at radius 2 is 1.64 bits per heavy atom. The summed E-state index contributed by atoms with van der Waals surface area (Å²) in [4.78, 5) is 22.8. The summed E-state index contributed by atoms with van der Waals surface area (Å²) in [5.74, 6) is -0.276. The zero-order valence-corrected chi connectivity index (χ0v) is 16.7. The minimum atomic E-state index is -4.04. The highest BCUT2D eigenvalue weighted by Gasteiger charge is 2.28. The molecule has 0 aromatic heterocycles. The summed E-state index contributed by atoms with van der Waals surface area (Å²) in [7, 11) is -4.04. The highest BCUT2D eigenvalue weighted by molar-refractivity contribution is 7.92. The summed E-state index contributed by atoms with van der Waals surface area (Å²) >= 11 is 0. The van der Waals surface area contributed by atoms with E-state index in [2.05, 4.69) is 5.32 Å². The molecule has 0 unspecified atom stereocenters. The van der Waals surface area contributed by atoms with Crippen LogP contribution in [0.2, 0.25) is 0 Å². The quantitative estimate of drug-likeness (QED) is 0.536. The van der Waals surface area contributed by atoms with Gasteiger partial charge in [-0.05, 0) is 37.1 Å². The zero-order valence-electron chi connectivity index (χ0n) is 15.9. The average Bonchev–Trinajstić information content (AvgIpc) is 2.66. The van der Waals surface area contributed by atoms with Crippen LogP contribution in [-0.2, 0) is 14.8 Å². The Kier molecular flexibility index (Phi) is 6.74. The lowest BCUT2D eigenvalue weighted by Gasteiger charge is -2.25. The number of hydrogen-bond donors (Lipinski definition) is 1. The molecule has 9 heteroatoms. The molecule has 0 bridgehead atoms. The van der Waals surface area contributed by atoms with Crippen LogP contribution in [0.3, 0.4) is 0 Å². The number of nitro groups is 1. The van der Waals surface area contributed by atoms with Crippen molar-refractivity contribution < 1.29 is 18.1 Å². The standard InChI is InChI=1S/C19H23N3O5S/c1-14(2)15(3)20-19(23)13-21(16-9-11-17(12-10-16)22(24)25)28(26,27)18-7-5-4-6-8-18/h4-12,14-15H,13H2,1-3H3,(H,20,23)/t15-/m1/s1. The number of nitro benzene ring substituents is 1. The molecule has 0 fully saturated rings. The van der Waals surface area contributed by atoms with Crippen LogP contribution in [0.15, 0.2) is 59.5 Å². The molecule has 1 atom stereocenters. The molecule has 150 valence electrons. The van der Waals surface area contributed by atoms with E-state index in [1.165, 1.54) is 36.4 Å². The number of rotatable bonds is 8. The number of anilines is 1. The molecule has 2 aromatic rings. The Morgan fingerprint density at radius 3 is 2.14 bits per heavy atom. The maximum absolute atomic E-state index is 13.1. The maximum atomic E-state index is 13.1. The summed E-state index contributed by atoms with van der Waals surface area (Å²) in [6.07, 6.45) is 0. The molecule has 2 aromatic carbocycles. The minimum absolute atomic E-state index is 0.0260. The number of amides is 1. The fourth-order valence-corrected chi connectivity index (χ4v) is 3.81. The first-order chi connectivity index (χ1) is 13.1. The van der Waals surface area contributed by atoms with E-state index in [1.807, 2.05) is 20.8 Å². The largest absolute Gasteiger partial charge is 0.352 e. The molecule has 0 saturated heterocycles. The molecule has 1 amide bonds. The van der Waals surface area contributed by atoms with Crippen molar-refractivity contribution in [3.63, 3.8) is 0 Å². The minimum Gasteiger partial charge on any atom is -0.352 e. The van der Waals surface area contributed by atoms with Crippen molar-refractivity contribution in [3.8, 4) is 0 Å². The number of carbonyl (C=O) groups excluding carboxylic acids is 1. The van der Waals surface area contributed by atoms with Gasteiger partial charge in [0.15, 0.2) is 0 Å². The summed E-state index contributed by atoms with van der Waals surface area (Å²) in [5.41, 5.74) is 0.000457. The normalized spacial score (nSPS) is 12.4. The van der Waals surface area contributed by atoms with Gasteiger partial charge >= 0.3 is 0 Å². The zero-order chi connectivity index (χ0) is 20.9. The van der Waals surface area contributed by atoms with E-state index in [4.69, 9.17) is 0 Å². The summed E-state index contributed by atoms with van der Waals surface area (Å²) in [6, 6.07) is 12.6. The van der Waals surface area contributed by atoms with Gasteiger partial charge in [0.1, 0.15) is 6.54 Å². The second kappa shape index (κ2) is 8.83. The number of non-ortho nitro benzene ring substituents is 1. The van der Waals surface area contributed by atoms with Crippen LogP contribution < -0.4 is 9.62 Å². The molecule has 0 heterocycles. The predicted octanol–water partition coefficient (Wildman–Crippen LogP) is 2.95. The van der Waals surface area contributed by atoms with Gasteiger partial charge in [0.2, 0.25) is 5.91 Å². The molecule has 0 spiro atoms. The highest BCUT2D eigenvalue weighted by atomic mass is 32.2. The number of carbonyl (C=O) groups is 1. The van der Waals surface area contributed by atoms with E-state index in [0.717, 1.165) is 4.31 Å². The van der Waals surface area contributed by atoms with Gasteiger partial charge in [-0.3, -0.25) is 19.2 Å². The fourth-order valence-electron chi connectivity index (χ4n) is 2.37. The first-order valence-electron chi connectivity index (χ1n) is 8.74. The van der Waals surface area contributed by atoms with Crippen LogP contribution in [0.1, 0.15) is 20.8 Å². The lowest BCUT2D eigenvalue weighted by Crippen LogP contribution is -2.45. The third-order valence-corrected chi connectivity index (χ3v) is 6.14. The van der Waals surface area contributed by atoms with Crippen molar-refractivity contribution in [2.45, 2.75) is 31.7 Å². The van der Waals surface area contributed by atoms with E-state index in [-0.39, 0.29) is 28.2 Å². The second-order valence-electron chi connectivity index (χ2n) is 6.70. The van der Waals surface area contributed by atoms with Gasteiger partial charge in [-0.15, -0.1) is 0 Å². The van der Waals surface area contributed by atoms with Crippen molar-refractivity contribution in [2.24, 2.45) is 5.92 Å². The molecular formula is C19H23N3O5S. The Labute approximate surface area is 164 Å². The van der Waals surface area contributed by atoms with Gasteiger partial charge in [0, 0.05) is 18.2 Å². The van der Waals surface area contributed by atoms with E-state index >= 15 is 0 Å². The summed E-state index contributed by atoms with van der Waals surface area (Å²) < 4.78 is 27.2. The molecule has 28 heavy (non-hydrogen) atoms. The first kappa shape index (κ1) is 21.4. The summed E-state index contributed by atoms with van der Waals surface area (Å²) in [5, 5.41) is 13.7. The number of nitrogens with zero attached hydrogens (tertiary/aromatic N) is 2. The molecular weight excluding hydrogens is 382 g/mol. The van der Waals surface area contributed by atoms with Crippen LogP contribution in [0.4, 0.5) is 11.4 Å². The van der Waals surface area contributed by atoms with E-state index < -0.39 is 27.4 Å². The van der Waals surface area contributed by atoms with Gasteiger partial charge in [-0.25, -0.2) is 8.42 Å². The molecule has 1 N–H and O–H groups in total. The van der Waals surface area contributed by atoms with Crippen LogP contribution in [-0.4, -0.2) is 31.8 Å². The van der Waals surface area contributed by atoms with Crippen LogP contribution in [0.5, 0.6) is 0 Å². The van der Waals surface area contributed by atoms with Crippen LogP contribution >= 0.6 is 0 Å². The smallest absolute Gasteiger partial charge is 0.269 e. The molecule has 2 rings (SSSR count). The number of nitrogens with one attached hydrogen (secondary N) is 1. The summed E-state index contributed by atoms with van der Waals surface area (Å²) in [6.45, 7) is 5.29. The van der Waals surface area contributed by atoms with Crippen molar-refractivity contribution >= 4 is 27.3 Å². The Morgan fingerprint density at radius 1 is 1.07 bits per heavy atom. The number of benzene rings is 2. The predicted molar refractivity (Wildman–Crippen MR) is 107 cm³/mol. The molecule has 0 aliphatic heterocycles. The lowest BCUT2D eigenvalue weighted by molar-refractivity contribution is -0.384. The van der Waals surface area contributed by atoms with Gasteiger partial charge < -0.3 is 5.32 Å². The van der Waals surface area contributed by atoms with Crippen molar-refractivity contribution in [1.82, 2.24) is 5.32 Å². The first-order valence-corrected chi connectivity index (χ1v) is 10.2. The van der Waals surface area contributed by atoms with Crippen molar-refractivity contribution in [1.29, 1.82) is 0 Å². The Hall–Kier alpha value is -2.94. The third kappa shape index (κ3) is 5.07. The van der Waals surface area contributed by atoms with Gasteiger partial charge in [-0.2, -0.15) is 0 Å². The third-order valence-electron chi connectivity index (χ3n) is 4.36. The van der Waals surface area contributed by atoms with Crippen LogP contribution in [0.25, 0.3) is 0 Å². The van der Waals surface area contributed by atoms with Crippen LogP contribution in [0, 0.1) is 16.0 Å². The lowest BCUT2D eigenvalue weighted by atomic mass is 10.1.